The van der Waals surface area contributed by atoms with E-state index in [4.69, 9.17) is 0 Å². The maximum Gasteiger partial charge on any atom is 0.351 e. The van der Waals surface area contributed by atoms with Crippen LogP contribution < -0.4 is 11.0 Å². The molecule has 5 heteroatoms. The quantitative estimate of drug-likeness (QED) is 0.670. The van der Waals surface area contributed by atoms with Crippen molar-refractivity contribution in [2.24, 2.45) is 7.05 Å². The van der Waals surface area contributed by atoms with E-state index in [2.05, 4.69) is 15.3 Å². The van der Waals surface area contributed by atoms with Crippen LogP contribution in [0.15, 0.2) is 4.79 Å². The summed E-state index contributed by atoms with van der Waals surface area (Å²) >= 11 is 0. The molecular formula is C7H12N4O. The Morgan fingerprint density at radius 3 is 2.67 bits per heavy atom. The van der Waals surface area contributed by atoms with Crippen LogP contribution in [0.2, 0.25) is 0 Å². The van der Waals surface area contributed by atoms with E-state index in [0.29, 0.717) is 18.3 Å². The van der Waals surface area contributed by atoms with Crippen molar-refractivity contribution in [2.45, 2.75) is 13.8 Å². The fraction of sp³-hybridized carbons (Fsp3) is 0.571. The molecule has 12 heavy (non-hydrogen) atoms. The van der Waals surface area contributed by atoms with Gasteiger partial charge in [-0.2, -0.15) is 9.97 Å². The third kappa shape index (κ3) is 1.61. The Morgan fingerprint density at radius 1 is 1.50 bits per heavy atom. The molecular weight excluding hydrogens is 156 g/mol. The molecule has 0 aliphatic carbocycles. The van der Waals surface area contributed by atoms with Gasteiger partial charge in [0, 0.05) is 13.6 Å². The van der Waals surface area contributed by atoms with Crippen molar-refractivity contribution in [1.29, 1.82) is 0 Å². The molecule has 0 saturated heterocycles. The molecule has 1 aromatic heterocycles. The summed E-state index contributed by atoms with van der Waals surface area (Å²) in [5, 5.41) is 2.88. The number of hydrogen-bond donors (Lipinski definition) is 1. The average molecular weight is 168 g/mol. The van der Waals surface area contributed by atoms with Gasteiger partial charge in [-0.1, -0.05) is 0 Å². The number of aromatic nitrogens is 3. The van der Waals surface area contributed by atoms with E-state index >= 15 is 0 Å². The number of rotatable bonds is 2. The lowest BCUT2D eigenvalue weighted by Crippen LogP contribution is -2.25. The van der Waals surface area contributed by atoms with E-state index in [0.717, 1.165) is 0 Å². The van der Waals surface area contributed by atoms with E-state index in [1.165, 1.54) is 4.57 Å². The maximum atomic E-state index is 11.1. The number of hydrogen-bond acceptors (Lipinski definition) is 4. The van der Waals surface area contributed by atoms with Gasteiger partial charge in [0.25, 0.3) is 0 Å². The van der Waals surface area contributed by atoms with Gasteiger partial charge >= 0.3 is 5.69 Å². The lowest BCUT2D eigenvalue weighted by atomic mass is 10.6. The SMILES string of the molecule is CCNc1nc(C)n(C)c(=O)n1. The molecule has 1 aromatic rings. The number of aryl methyl sites for hydroxylation is 1. The van der Waals surface area contributed by atoms with Gasteiger partial charge in [0.05, 0.1) is 0 Å². The fourth-order valence-corrected chi connectivity index (χ4v) is 0.794. The van der Waals surface area contributed by atoms with Crippen LogP contribution in [0.5, 0.6) is 0 Å². The second kappa shape index (κ2) is 3.34. The van der Waals surface area contributed by atoms with E-state index in [-0.39, 0.29) is 5.69 Å². The van der Waals surface area contributed by atoms with Crippen LogP contribution in [0, 0.1) is 6.92 Å². The third-order valence-corrected chi connectivity index (χ3v) is 1.58. The molecule has 0 bridgehead atoms. The minimum Gasteiger partial charge on any atom is -0.354 e. The van der Waals surface area contributed by atoms with Gasteiger partial charge in [-0.05, 0) is 13.8 Å². The predicted molar refractivity (Wildman–Crippen MR) is 46.2 cm³/mol. The Kier molecular flexibility index (Phi) is 2.42. The number of anilines is 1. The van der Waals surface area contributed by atoms with Crippen molar-refractivity contribution in [3.8, 4) is 0 Å². The summed E-state index contributed by atoms with van der Waals surface area (Å²) in [6, 6.07) is 0. The fourth-order valence-electron chi connectivity index (χ4n) is 0.794. The van der Waals surface area contributed by atoms with Crippen LogP contribution in [0.4, 0.5) is 5.95 Å². The van der Waals surface area contributed by atoms with Crippen molar-refractivity contribution in [2.75, 3.05) is 11.9 Å². The minimum atomic E-state index is -0.279. The van der Waals surface area contributed by atoms with Crippen molar-refractivity contribution in [3.05, 3.63) is 16.3 Å². The third-order valence-electron chi connectivity index (χ3n) is 1.58. The Balaban J connectivity index is 3.13. The monoisotopic (exact) mass is 168 g/mol. The van der Waals surface area contributed by atoms with Crippen LogP contribution >= 0.6 is 0 Å². The molecule has 5 nitrogen and oxygen atoms in total. The van der Waals surface area contributed by atoms with E-state index in [1.807, 2.05) is 6.92 Å². The largest absolute Gasteiger partial charge is 0.354 e. The molecule has 0 atom stereocenters. The smallest absolute Gasteiger partial charge is 0.351 e. The van der Waals surface area contributed by atoms with Gasteiger partial charge in [0.1, 0.15) is 5.82 Å². The van der Waals surface area contributed by atoms with Gasteiger partial charge in [0.15, 0.2) is 0 Å². The lowest BCUT2D eigenvalue weighted by Gasteiger charge is -2.04. The van der Waals surface area contributed by atoms with Crippen LogP contribution in [-0.4, -0.2) is 21.1 Å². The van der Waals surface area contributed by atoms with Crippen molar-refractivity contribution in [3.63, 3.8) is 0 Å². The van der Waals surface area contributed by atoms with Crippen molar-refractivity contribution >= 4 is 5.95 Å². The summed E-state index contributed by atoms with van der Waals surface area (Å²) < 4.78 is 1.40. The first-order valence-electron chi connectivity index (χ1n) is 3.80. The Morgan fingerprint density at radius 2 is 2.17 bits per heavy atom. The van der Waals surface area contributed by atoms with Crippen LogP contribution in [0.3, 0.4) is 0 Å². The highest BCUT2D eigenvalue weighted by Crippen LogP contribution is 1.93. The highest BCUT2D eigenvalue weighted by molar-refractivity contribution is 5.21. The van der Waals surface area contributed by atoms with Crippen molar-refractivity contribution < 1.29 is 0 Å². The molecule has 0 saturated carbocycles. The number of nitrogens with zero attached hydrogens (tertiary/aromatic N) is 3. The Hall–Kier alpha value is -1.39. The van der Waals surface area contributed by atoms with E-state index in [1.54, 1.807) is 14.0 Å². The molecule has 66 valence electrons. The summed E-state index contributed by atoms with van der Waals surface area (Å²) in [6.07, 6.45) is 0. The standard InChI is InChI=1S/C7H12N4O/c1-4-8-6-9-5(2)11(3)7(12)10-6/h4H2,1-3H3,(H,8,10,12). The molecule has 0 aromatic carbocycles. The molecule has 0 radical (unpaired) electrons. The van der Waals surface area contributed by atoms with Gasteiger partial charge in [0.2, 0.25) is 5.95 Å². The summed E-state index contributed by atoms with van der Waals surface area (Å²) in [4.78, 5) is 18.9. The molecule has 0 aliphatic heterocycles. The average Bonchev–Trinajstić information content (AvgIpc) is 2.01. The normalized spacial score (nSPS) is 9.92. The van der Waals surface area contributed by atoms with Crippen molar-refractivity contribution in [1.82, 2.24) is 14.5 Å². The van der Waals surface area contributed by atoms with E-state index in [9.17, 15) is 4.79 Å². The molecule has 1 rings (SSSR count). The van der Waals surface area contributed by atoms with Crippen LogP contribution in [-0.2, 0) is 7.05 Å². The molecule has 0 aliphatic rings. The first-order chi connectivity index (χ1) is 5.65. The Bertz CT molecular complexity index is 331. The highest BCUT2D eigenvalue weighted by Gasteiger charge is 2.00. The van der Waals surface area contributed by atoms with Gasteiger partial charge in [-0.15, -0.1) is 0 Å². The van der Waals surface area contributed by atoms with Gasteiger partial charge in [-0.25, -0.2) is 4.79 Å². The molecule has 0 spiro atoms. The zero-order chi connectivity index (χ0) is 9.14. The zero-order valence-electron chi connectivity index (χ0n) is 7.46. The summed E-state index contributed by atoms with van der Waals surface area (Å²) in [6.45, 7) is 4.41. The minimum absolute atomic E-state index is 0.279. The molecule has 1 heterocycles. The topological polar surface area (TPSA) is 59.8 Å². The van der Waals surface area contributed by atoms with Crippen LogP contribution in [0.1, 0.15) is 12.7 Å². The second-order valence-corrected chi connectivity index (χ2v) is 2.47. The molecule has 1 N–H and O–H groups in total. The summed E-state index contributed by atoms with van der Waals surface area (Å²) in [5.41, 5.74) is -0.279. The molecule has 0 fully saturated rings. The molecule has 0 unspecified atom stereocenters. The summed E-state index contributed by atoms with van der Waals surface area (Å²) in [5.74, 6) is 1.06. The number of nitrogens with one attached hydrogen (secondary N) is 1. The van der Waals surface area contributed by atoms with Gasteiger partial charge < -0.3 is 5.32 Å². The first-order valence-corrected chi connectivity index (χ1v) is 3.80. The predicted octanol–water partition coefficient (Wildman–Crippen LogP) is -0.0845. The van der Waals surface area contributed by atoms with Crippen LogP contribution in [0.25, 0.3) is 0 Å². The first kappa shape index (κ1) is 8.70. The zero-order valence-corrected chi connectivity index (χ0v) is 7.46. The van der Waals surface area contributed by atoms with E-state index < -0.39 is 0 Å². The highest BCUT2D eigenvalue weighted by atomic mass is 16.1. The summed E-state index contributed by atoms with van der Waals surface area (Å²) in [7, 11) is 1.65. The second-order valence-electron chi connectivity index (χ2n) is 2.47. The van der Waals surface area contributed by atoms with Gasteiger partial charge in [-0.3, -0.25) is 4.57 Å². The maximum absolute atomic E-state index is 11.1. The molecule has 0 amide bonds. The Labute approximate surface area is 70.5 Å². The lowest BCUT2D eigenvalue weighted by molar-refractivity contribution is 0.731.